The summed E-state index contributed by atoms with van der Waals surface area (Å²) in [7, 11) is -2.48. The van der Waals surface area contributed by atoms with Gasteiger partial charge in [-0.25, -0.2) is 0 Å². The van der Waals surface area contributed by atoms with Crippen molar-refractivity contribution in [2.45, 2.75) is 25.2 Å². The van der Waals surface area contributed by atoms with E-state index in [1.807, 2.05) is 0 Å². The first-order valence-corrected chi connectivity index (χ1v) is 22.6. The Morgan fingerprint density at radius 1 is 1.20 bits per heavy atom. The van der Waals surface area contributed by atoms with Crippen LogP contribution < -0.4 is 3.61 Å². The van der Waals surface area contributed by atoms with Gasteiger partial charge in [0.15, 0.2) is 0 Å². The number of rotatable bonds is 4. The zero-order chi connectivity index (χ0) is 14.9. The number of halogens is 2. The molecule has 0 aliphatic carbocycles. The number of benzene rings is 1. The molecule has 2 nitrogen and oxygen atoms in total. The van der Waals surface area contributed by atoms with Crippen LogP contribution in [0.4, 0.5) is 0 Å². The minimum atomic E-state index is -2.48. The van der Waals surface area contributed by atoms with Crippen LogP contribution >= 0.6 is 37.4 Å². The van der Waals surface area contributed by atoms with Crippen LogP contribution in [-0.4, -0.2) is 16.1 Å². The third kappa shape index (κ3) is 3.79. The van der Waals surface area contributed by atoms with Gasteiger partial charge in [-0.1, -0.05) is 0 Å². The van der Waals surface area contributed by atoms with Crippen LogP contribution in [0.15, 0.2) is 34.9 Å². The van der Waals surface area contributed by atoms with E-state index in [-0.39, 0.29) is 5.78 Å². The normalized spacial score (nSPS) is 12.4. The van der Waals surface area contributed by atoms with Crippen LogP contribution in [-0.2, 0) is 0 Å². The molecule has 1 aromatic carbocycles. The number of furan rings is 1. The van der Waals surface area contributed by atoms with Crippen molar-refractivity contribution in [3.63, 3.8) is 0 Å². The van der Waals surface area contributed by atoms with Crippen LogP contribution in [0.1, 0.15) is 27.2 Å². The summed E-state index contributed by atoms with van der Waals surface area (Å²) in [6.45, 7) is 6.43. The molecule has 0 atom stereocenters. The summed E-state index contributed by atoms with van der Waals surface area (Å²) >= 11 is 5.12. The van der Waals surface area contributed by atoms with Crippen molar-refractivity contribution in [2.75, 3.05) is 0 Å². The number of hydrogen-bond donors (Lipinski definition) is 0. The first-order valence-electron chi connectivity index (χ1n) is 6.16. The molecular formula is C15H16I2O2Te. The van der Waals surface area contributed by atoms with Gasteiger partial charge in [0.05, 0.1) is 0 Å². The topological polar surface area (TPSA) is 30.2 Å². The average Bonchev–Trinajstić information content (AvgIpc) is 2.78. The number of hydrogen-bond acceptors (Lipinski definition) is 2. The molecule has 2 aromatic rings. The minimum absolute atomic E-state index is 0.124. The molecule has 0 radical (unpaired) electrons. The second-order valence-electron chi connectivity index (χ2n) is 4.85. The second kappa shape index (κ2) is 6.67. The predicted molar refractivity (Wildman–Crippen MR) is 102 cm³/mol. The Morgan fingerprint density at radius 2 is 1.80 bits per heavy atom. The van der Waals surface area contributed by atoms with Crippen LogP contribution in [0, 0.1) is 20.8 Å². The molecule has 5 heteroatoms. The zero-order valence-corrected chi connectivity index (χ0v) is 18.2. The van der Waals surface area contributed by atoms with Gasteiger partial charge in [-0.05, 0) is 0 Å². The first-order chi connectivity index (χ1) is 9.31. The van der Waals surface area contributed by atoms with E-state index in [4.69, 9.17) is 4.42 Å². The van der Waals surface area contributed by atoms with E-state index in [2.05, 4.69) is 70.3 Å². The van der Waals surface area contributed by atoms with Gasteiger partial charge in [0.1, 0.15) is 0 Å². The monoisotopic (exact) mass is 612 g/mol. The number of carbonyl (C=O) groups excluding carboxylic acids is 1. The molecule has 1 aromatic heterocycles. The summed E-state index contributed by atoms with van der Waals surface area (Å²) in [6.07, 6.45) is 1.56. The van der Waals surface area contributed by atoms with Gasteiger partial charge in [0.2, 0.25) is 0 Å². The Balaban J connectivity index is 2.33. The Labute approximate surface area is 143 Å². The molecule has 1 heterocycles. The van der Waals surface area contributed by atoms with Gasteiger partial charge in [0.25, 0.3) is 0 Å². The van der Waals surface area contributed by atoms with Gasteiger partial charge in [-0.3, -0.25) is 0 Å². The van der Waals surface area contributed by atoms with Crippen molar-refractivity contribution in [3.05, 3.63) is 53.0 Å². The standard InChI is InChI=1S/C15H16I2O2Te/c1-10-7-11(2)15(12(3)8-10)20(16,17)9-13(18)14-5-4-6-19-14/h4-8H,9H2,1-3H3. The van der Waals surface area contributed by atoms with Gasteiger partial charge in [0, 0.05) is 0 Å². The maximum absolute atomic E-state index is 12.3. The van der Waals surface area contributed by atoms with Crippen molar-refractivity contribution in [2.24, 2.45) is 0 Å². The summed E-state index contributed by atoms with van der Waals surface area (Å²) in [4.78, 5) is 12.3. The van der Waals surface area contributed by atoms with Gasteiger partial charge in [-0.2, -0.15) is 0 Å². The molecule has 0 spiro atoms. The molecule has 2 rings (SSSR count). The Bertz CT molecular complexity index is 610. The fraction of sp³-hybridized carbons (Fsp3) is 0.267. The SMILES string of the molecule is Cc1cc(C)c([Te](I)(I)CC(=O)c2ccco2)c(C)c1. The number of Topliss-reactive ketones (excluding diaryl/α,β-unsaturated/α-hetero) is 1. The Kier molecular flexibility index (Phi) is 5.60. The maximum atomic E-state index is 12.3. The van der Waals surface area contributed by atoms with E-state index in [0.29, 0.717) is 10.2 Å². The van der Waals surface area contributed by atoms with Crippen LogP contribution in [0.3, 0.4) is 0 Å². The van der Waals surface area contributed by atoms with Crippen molar-refractivity contribution in [1.29, 1.82) is 0 Å². The summed E-state index contributed by atoms with van der Waals surface area (Å²) in [5.74, 6) is 0.607. The molecule has 20 heavy (non-hydrogen) atoms. The molecule has 0 aliphatic rings. The number of carbonyl (C=O) groups is 1. The molecule has 0 saturated heterocycles. The van der Waals surface area contributed by atoms with Crippen molar-refractivity contribution in [3.8, 4) is 0 Å². The van der Waals surface area contributed by atoms with E-state index in [1.54, 1.807) is 18.4 Å². The molecule has 0 amide bonds. The average molecular weight is 610 g/mol. The van der Waals surface area contributed by atoms with Crippen molar-refractivity contribution >= 4 is 57.1 Å². The van der Waals surface area contributed by atoms with Crippen molar-refractivity contribution < 1.29 is 9.21 Å². The first kappa shape index (κ1) is 16.8. The molecule has 0 saturated carbocycles. The van der Waals surface area contributed by atoms with Gasteiger partial charge in [-0.15, -0.1) is 0 Å². The van der Waals surface area contributed by atoms with Crippen LogP contribution in [0.25, 0.3) is 0 Å². The summed E-state index contributed by atoms with van der Waals surface area (Å²) in [5.41, 5.74) is 3.92. The molecule has 0 N–H and O–H groups in total. The molecular weight excluding hydrogens is 594 g/mol. The summed E-state index contributed by atoms with van der Waals surface area (Å²) < 4.78 is 7.27. The van der Waals surface area contributed by atoms with E-state index in [0.717, 1.165) is 0 Å². The van der Waals surface area contributed by atoms with Crippen LogP contribution in [0.2, 0.25) is 4.47 Å². The Hall–Kier alpha value is 0.420. The molecule has 108 valence electrons. The quantitative estimate of drug-likeness (QED) is 0.288. The van der Waals surface area contributed by atoms with Gasteiger partial charge < -0.3 is 0 Å². The van der Waals surface area contributed by atoms with Gasteiger partial charge >= 0.3 is 145 Å². The third-order valence-electron chi connectivity index (χ3n) is 3.01. The fourth-order valence-corrected chi connectivity index (χ4v) is 20.3. The summed E-state index contributed by atoms with van der Waals surface area (Å²) in [6, 6.07) is 7.96. The molecule has 0 aliphatic heterocycles. The zero-order valence-electron chi connectivity index (χ0n) is 11.6. The third-order valence-corrected chi connectivity index (χ3v) is 18.4. The fourth-order valence-electron chi connectivity index (χ4n) is 2.38. The predicted octanol–water partition coefficient (Wildman–Crippen LogP) is 4.61. The van der Waals surface area contributed by atoms with E-state index >= 15 is 0 Å². The number of aryl methyl sites for hydroxylation is 3. The van der Waals surface area contributed by atoms with Crippen molar-refractivity contribution in [1.82, 2.24) is 0 Å². The number of ketones is 1. The Morgan fingerprint density at radius 3 is 2.30 bits per heavy atom. The van der Waals surface area contributed by atoms with E-state index in [9.17, 15) is 4.79 Å². The molecule has 0 unspecified atom stereocenters. The van der Waals surface area contributed by atoms with E-state index in [1.165, 1.54) is 20.3 Å². The molecule has 0 bridgehead atoms. The second-order valence-corrected chi connectivity index (χ2v) is 41.6. The summed E-state index contributed by atoms with van der Waals surface area (Å²) in [5, 5.41) is 0. The van der Waals surface area contributed by atoms with E-state index < -0.39 is 10.3 Å². The van der Waals surface area contributed by atoms with Crippen LogP contribution in [0.5, 0.6) is 0 Å². The molecule has 0 fully saturated rings.